The highest BCUT2D eigenvalue weighted by Crippen LogP contribution is 2.34. The van der Waals surface area contributed by atoms with Crippen LogP contribution in [0, 0.1) is 5.82 Å². The molecule has 1 aliphatic heterocycles. The molecule has 11 nitrogen and oxygen atoms in total. The van der Waals surface area contributed by atoms with Crippen molar-refractivity contribution in [2.75, 3.05) is 16.7 Å². The second-order valence-electron chi connectivity index (χ2n) is 9.07. The highest BCUT2D eigenvalue weighted by molar-refractivity contribution is 7.92. The van der Waals surface area contributed by atoms with E-state index in [2.05, 4.69) is 24.9 Å². The standard InChI is InChI=1S/C26H23F3N6O5S/c1-13-7-23(39-21-6-4-3-5-16(21)27)31-12-20(13)35-25(30)15(11-32-35)24(36)19-8-14-9-22(40-26(28)29)18(10-17(14)33-19)34-41(2,37)38/h3-12,23,26,31,33-34H,30H2,1-2H3. The van der Waals surface area contributed by atoms with Gasteiger partial charge in [-0.05, 0) is 48.9 Å². The molecule has 0 saturated carbocycles. The van der Waals surface area contributed by atoms with Crippen LogP contribution in [-0.4, -0.2) is 48.1 Å². The van der Waals surface area contributed by atoms with Crippen LogP contribution in [0.3, 0.4) is 0 Å². The van der Waals surface area contributed by atoms with Gasteiger partial charge in [0.2, 0.25) is 15.8 Å². The van der Waals surface area contributed by atoms with Gasteiger partial charge in [0.15, 0.2) is 23.5 Å². The van der Waals surface area contributed by atoms with Crippen molar-refractivity contribution in [3.05, 3.63) is 83.6 Å². The number of aromatic nitrogens is 3. The van der Waals surface area contributed by atoms with Gasteiger partial charge >= 0.3 is 6.61 Å². The molecule has 0 bridgehead atoms. The Morgan fingerprint density at radius 2 is 1.95 bits per heavy atom. The van der Waals surface area contributed by atoms with Crippen molar-refractivity contribution in [2.24, 2.45) is 0 Å². The number of ketones is 1. The van der Waals surface area contributed by atoms with E-state index in [1.165, 1.54) is 41.2 Å². The summed E-state index contributed by atoms with van der Waals surface area (Å²) >= 11 is 0. The first-order valence-electron chi connectivity index (χ1n) is 11.9. The molecule has 0 amide bonds. The summed E-state index contributed by atoms with van der Waals surface area (Å²) < 4.78 is 76.8. The summed E-state index contributed by atoms with van der Waals surface area (Å²) in [6.07, 6.45) is 4.74. The number of dihydropyridines is 1. The number of halogens is 3. The average molecular weight is 589 g/mol. The summed E-state index contributed by atoms with van der Waals surface area (Å²) in [6.45, 7) is -1.44. The summed E-state index contributed by atoms with van der Waals surface area (Å²) in [7, 11) is -3.82. The Bertz CT molecular complexity index is 1830. The third-order valence-electron chi connectivity index (χ3n) is 6.04. The fourth-order valence-electron chi connectivity index (χ4n) is 4.23. The molecule has 41 heavy (non-hydrogen) atoms. The van der Waals surface area contributed by atoms with Gasteiger partial charge in [-0.25, -0.2) is 17.5 Å². The lowest BCUT2D eigenvalue weighted by atomic mass is 10.1. The smallest absolute Gasteiger partial charge is 0.387 e. The minimum atomic E-state index is -3.82. The van der Waals surface area contributed by atoms with Crippen molar-refractivity contribution >= 4 is 43.9 Å². The number of hydrogen-bond acceptors (Lipinski definition) is 8. The van der Waals surface area contributed by atoms with E-state index in [4.69, 9.17) is 10.5 Å². The van der Waals surface area contributed by atoms with Crippen molar-refractivity contribution in [3.8, 4) is 11.5 Å². The maximum Gasteiger partial charge on any atom is 0.387 e. The minimum absolute atomic E-state index is 0.0177. The van der Waals surface area contributed by atoms with Crippen LogP contribution in [0.25, 0.3) is 16.6 Å². The molecule has 2 aromatic heterocycles. The molecule has 0 radical (unpaired) electrons. The van der Waals surface area contributed by atoms with Gasteiger partial charge in [-0.3, -0.25) is 9.52 Å². The number of ether oxygens (including phenoxy) is 2. The van der Waals surface area contributed by atoms with Crippen molar-refractivity contribution in [1.29, 1.82) is 0 Å². The van der Waals surface area contributed by atoms with E-state index in [-0.39, 0.29) is 34.0 Å². The van der Waals surface area contributed by atoms with Gasteiger partial charge in [0.1, 0.15) is 5.82 Å². The van der Waals surface area contributed by atoms with Crippen molar-refractivity contribution < 1.29 is 35.9 Å². The van der Waals surface area contributed by atoms with Gasteiger partial charge < -0.3 is 25.5 Å². The SMILES string of the molecule is CC1=CC(Oc2ccccc2F)NC=C1n1ncc(C(=O)c2cc3cc(OC(F)F)c(NS(C)(=O)=O)cc3[nH]2)c1N. The number of anilines is 2. The maximum absolute atomic E-state index is 14.0. The molecule has 0 saturated heterocycles. The van der Waals surface area contributed by atoms with Gasteiger partial charge in [-0.2, -0.15) is 13.9 Å². The Morgan fingerprint density at radius 3 is 2.63 bits per heavy atom. The number of hydrogen-bond donors (Lipinski definition) is 4. The van der Waals surface area contributed by atoms with Crippen LogP contribution in [0.2, 0.25) is 0 Å². The number of nitrogens with two attached hydrogens (primary N) is 1. The molecule has 5 rings (SSSR count). The number of allylic oxidation sites excluding steroid dienone is 2. The summed E-state index contributed by atoms with van der Waals surface area (Å²) in [4.78, 5) is 16.2. The van der Waals surface area contributed by atoms with Crippen LogP contribution in [0.5, 0.6) is 11.5 Å². The number of nitrogen functional groups attached to an aromatic ring is 1. The number of alkyl halides is 2. The van der Waals surface area contributed by atoms with E-state index in [9.17, 15) is 26.4 Å². The van der Waals surface area contributed by atoms with Crippen LogP contribution in [-0.2, 0) is 10.0 Å². The Kier molecular flexibility index (Phi) is 7.13. The van der Waals surface area contributed by atoms with Crippen LogP contribution in [0.4, 0.5) is 24.7 Å². The Morgan fingerprint density at radius 1 is 1.20 bits per heavy atom. The molecule has 1 atom stereocenters. The molecule has 1 unspecified atom stereocenters. The van der Waals surface area contributed by atoms with Crippen molar-refractivity contribution in [2.45, 2.75) is 19.8 Å². The third-order valence-corrected chi connectivity index (χ3v) is 6.63. The van der Waals surface area contributed by atoms with Gasteiger partial charge in [0, 0.05) is 17.1 Å². The number of fused-ring (bicyclic) bond motifs is 1. The molecule has 214 valence electrons. The molecule has 0 spiro atoms. The Balaban J connectivity index is 1.40. The molecule has 15 heteroatoms. The fraction of sp³-hybridized carbons (Fsp3) is 0.154. The second kappa shape index (κ2) is 10.6. The summed E-state index contributed by atoms with van der Waals surface area (Å²) in [6, 6.07) is 9.81. The number of rotatable bonds is 9. The topological polar surface area (TPSA) is 153 Å². The number of nitrogens with one attached hydrogen (secondary N) is 3. The predicted molar refractivity (Wildman–Crippen MR) is 145 cm³/mol. The van der Waals surface area contributed by atoms with E-state index in [0.717, 1.165) is 6.26 Å². The molecule has 4 aromatic rings. The number of H-pyrrole nitrogens is 1. The number of benzene rings is 2. The number of carbonyl (C=O) groups excluding carboxylic acids is 1. The van der Waals surface area contributed by atoms with Gasteiger partial charge in [-0.1, -0.05) is 12.1 Å². The third kappa shape index (κ3) is 5.84. The Labute approximate surface area is 231 Å². The monoisotopic (exact) mass is 588 g/mol. The predicted octanol–water partition coefficient (Wildman–Crippen LogP) is 4.04. The van der Waals surface area contributed by atoms with E-state index < -0.39 is 40.2 Å². The number of aromatic amines is 1. The molecule has 3 heterocycles. The Hall–Kier alpha value is -4.92. The zero-order chi connectivity index (χ0) is 29.5. The fourth-order valence-corrected chi connectivity index (χ4v) is 4.79. The lowest BCUT2D eigenvalue weighted by Gasteiger charge is -2.23. The van der Waals surface area contributed by atoms with Crippen LogP contribution < -0.4 is 25.2 Å². The first kappa shape index (κ1) is 27.6. The number of para-hydroxylation sites is 1. The molecule has 1 aliphatic rings. The molecular formula is C26H23F3N6O5S. The highest BCUT2D eigenvalue weighted by atomic mass is 32.2. The number of sulfonamides is 1. The van der Waals surface area contributed by atoms with Crippen molar-refractivity contribution in [3.63, 3.8) is 0 Å². The van der Waals surface area contributed by atoms with E-state index in [1.807, 2.05) is 0 Å². The summed E-state index contributed by atoms with van der Waals surface area (Å²) in [5, 5.41) is 7.53. The van der Waals surface area contributed by atoms with E-state index >= 15 is 0 Å². The molecule has 5 N–H and O–H groups in total. The summed E-state index contributed by atoms with van der Waals surface area (Å²) in [5.41, 5.74) is 7.63. The van der Waals surface area contributed by atoms with E-state index in [0.29, 0.717) is 16.7 Å². The minimum Gasteiger partial charge on any atom is -0.464 e. The molecule has 0 aliphatic carbocycles. The lowest BCUT2D eigenvalue weighted by Crippen LogP contribution is -2.32. The normalized spacial score (nSPS) is 15.3. The quantitative estimate of drug-likeness (QED) is 0.214. The van der Waals surface area contributed by atoms with E-state index in [1.54, 1.807) is 31.3 Å². The maximum atomic E-state index is 14.0. The molecule has 0 fully saturated rings. The van der Waals surface area contributed by atoms with Gasteiger partial charge in [0.05, 0.1) is 35.1 Å². The largest absolute Gasteiger partial charge is 0.464 e. The van der Waals surface area contributed by atoms with Crippen LogP contribution in [0.15, 0.2) is 66.5 Å². The zero-order valence-electron chi connectivity index (χ0n) is 21.5. The first-order valence-corrected chi connectivity index (χ1v) is 13.8. The second-order valence-corrected chi connectivity index (χ2v) is 10.8. The molecule has 2 aromatic carbocycles. The van der Waals surface area contributed by atoms with Crippen LogP contribution in [0.1, 0.15) is 23.0 Å². The highest BCUT2D eigenvalue weighted by Gasteiger charge is 2.24. The zero-order valence-corrected chi connectivity index (χ0v) is 22.3. The van der Waals surface area contributed by atoms with Crippen LogP contribution >= 0.6 is 0 Å². The number of nitrogens with zero attached hydrogens (tertiary/aromatic N) is 2. The summed E-state index contributed by atoms with van der Waals surface area (Å²) in [5.74, 6) is -1.38. The van der Waals surface area contributed by atoms with Gasteiger partial charge in [-0.15, -0.1) is 0 Å². The first-order chi connectivity index (χ1) is 19.4. The van der Waals surface area contributed by atoms with Crippen molar-refractivity contribution in [1.82, 2.24) is 20.1 Å². The molecular weight excluding hydrogens is 565 g/mol. The average Bonchev–Trinajstić information content (AvgIpc) is 3.47. The number of carbonyl (C=O) groups is 1. The van der Waals surface area contributed by atoms with Gasteiger partial charge in [0.25, 0.3) is 0 Å². The lowest BCUT2D eigenvalue weighted by molar-refractivity contribution is -0.0492.